The van der Waals surface area contributed by atoms with Gasteiger partial charge in [0.2, 0.25) is 5.91 Å². The lowest BCUT2D eigenvalue weighted by Crippen LogP contribution is -2.44. The molecule has 1 heterocycles. The number of aliphatic hydroxyl groups excluding tert-OH is 1. The first-order chi connectivity index (χ1) is 8.22. The quantitative estimate of drug-likeness (QED) is 0.728. The largest absolute Gasteiger partial charge is 0.394 e. The van der Waals surface area contributed by atoms with Crippen molar-refractivity contribution < 1.29 is 14.7 Å². The van der Waals surface area contributed by atoms with Gasteiger partial charge in [-0.1, -0.05) is 30.3 Å². The SMILES string of the molecule is O=C1CNC(=O)N1[C@H](CO)Cc1ccccc1. The number of nitrogens with one attached hydrogen (secondary N) is 1. The van der Waals surface area contributed by atoms with Crippen LogP contribution in [0.1, 0.15) is 5.56 Å². The molecule has 0 saturated carbocycles. The lowest BCUT2D eigenvalue weighted by atomic mass is 10.1. The van der Waals surface area contributed by atoms with Crippen LogP contribution in [0.4, 0.5) is 4.79 Å². The number of imide groups is 1. The van der Waals surface area contributed by atoms with Crippen LogP contribution in [0, 0.1) is 0 Å². The Morgan fingerprint density at radius 3 is 2.53 bits per heavy atom. The second-order valence-electron chi connectivity index (χ2n) is 3.95. The van der Waals surface area contributed by atoms with Crippen molar-refractivity contribution in [2.75, 3.05) is 13.2 Å². The first kappa shape index (κ1) is 11.6. The minimum absolute atomic E-state index is 0.0180. The first-order valence-electron chi connectivity index (χ1n) is 5.47. The zero-order valence-corrected chi connectivity index (χ0v) is 9.30. The minimum Gasteiger partial charge on any atom is -0.394 e. The fourth-order valence-electron chi connectivity index (χ4n) is 1.93. The van der Waals surface area contributed by atoms with Gasteiger partial charge >= 0.3 is 6.03 Å². The molecule has 17 heavy (non-hydrogen) atoms. The third-order valence-electron chi connectivity index (χ3n) is 2.77. The summed E-state index contributed by atoms with van der Waals surface area (Å²) in [5, 5.41) is 11.8. The molecule has 1 atom stereocenters. The van der Waals surface area contributed by atoms with Crippen molar-refractivity contribution in [2.45, 2.75) is 12.5 Å². The van der Waals surface area contributed by atoms with E-state index in [1.165, 1.54) is 0 Å². The molecule has 0 unspecified atom stereocenters. The predicted molar refractivity (Wildman–Crippen MR) is 61.3 cm³/mol. The van der Waals surface area contributed by atoms with Crippen LogP contribution < -0.4 is 5.32 Å². The normalized spacial score (nSPS) is 17.1. The maximum Gasteiger partial charge on any atom is 0.324 e. The van der Waals surface area contributed by atoms with Crippen molar-refractivity contribution in [1.82, 2.24) is 10.2 Å². The zero-order valence-electron chi connectivity index (χ0n) is 9.30. The standard InChI is InChI=1S/C12H14N2O3/c15-8-10(6-9-4-2-1-3-5-9)14-11(16)7-13-12(14)17/h1-5,10,15H,6-8H2,(H,13,17)/t10-/m0/s1. The number of benzene rings is 1. The van der Waals surface area contributed by atoms with E-state index in [4.69, 9.17) is 0 Å². The smallest absolute Gasteiger partial charge is 0.324 e. The Bertz CT molecular complexity index is 403. The van der Waals surface area contributed by atoms with Crippen molar-refractivity contribution in [3.63, 3.8) is 0 Å². The summed E-state index contributed by atoms with van der Waals surface area (Å²) in [6, 6.07) is 8.55. The molecule has 0 aromatic heterocycles. The molecule has 1 aromatic carbocycles. The zero-order chi connectivity index (χ0) is 12.3. The molecule has 1 fully saturated rings. The van der Waals surface area contributed by atoms with E-state index in [0.717, 1.165) is 10.5 Å². The Balaban J connectivity index is 2.11. The minimum atomic E-state index is -0.493. The Morgan fingerprint density at radius 2 is 2.00 bits per heavy atom. The van der Waals surface area contributed by atoms with Crippen LogP contribution in [-0.4, -0.2) is 41.1 Å². The molecule has 5 nitrogen and oxygen atoms in total. The summed E-state index contributed by atoms with van der Waals surface area (Å²) in [6.45, 7) is -0.210. The average molecular weight is 234 g/mol. The average Bonchev–Trinajstić information content (AvgIpc) is 2.68. The molecule has 2 rings (SSSR count). The van der Waals surface area contributed by atoms with Gasteiger partial charge in [-0.3, -0.25) is 9.69 Å². The molecule has 3 amide bonds. The molecule has 1 aromatic rings. The monoisotopic (exact) mass is 234 g/mol. The number of carbonyl (C=O) groups is 2. The number of hydrogen-bond acceptors (Lipinski definition) is 3. The lowest BCUT2D eigenvalue weighted by molar-refractivity contribution is -0.127. The number of nitrogens with zero attached hydrogens (tertiary/aromatic N) is 1. The fraction of sp³-hybridized carbons (Fsp3) is 0.333. The summed E-state index contributed by atoms with van der Waals surface area (Å²) >= 11 is 0. The topological polar surface area (TPSA) is 69.6 Å². The second kappa shape index (κ2) is 4.97. The Kier molecular flexibility index (Phi) is 3.39. The van der Waals surface area contributed by atoms with E-state index in [2.05, 4.69) is 5.32 Å². The summed E-state index contributed by atoms with van der Waals surface area (Å²) in [5.41, 5.74) is 0.985. The molecular weight excluding hydrogens is 220 g/mol. The molecule has 90 valence electrons. The highest BCUT2D eigenvalue weighted by Crippen LogP contribution is 2.12. The number of hydrogen-bond donors (Lipinski definition) is 2. The molecule has 0 radical (unpaired) electrons. The molecule has 1 aliphatic rings. The molecular formula is C12H14N2O3. The number of amides is 3. The predicted octanol–water partition coefficient (Wildman–Crippen LogP) is 0.142. The first-order valence-corrected chi connectivity index (χ1v) is 5.47. The van der Waals surface area contributed by atoms with E-state index < -0.39 is 12.1 Å². The fourth-order valence-corrected chi connectivity index (χ4v) is 1.93. The van der Waals surface area contributed by atoms with Gasteiger partial charge in [-0.2, -0.15) is 0 Å². The van der Waals surface area contributed by atoms with Gasteiger partial charge in [0.25, 0.3) is 0 Å². The molecule has 2 N–H and O–H groups in total. The highest BCUT2D eigenvalue weighted by Gasteiger charge is 2.34. The van der Waals surface area contributed by atoms with E-state index in [1.54, 1.807) is 0 Å². The van der Waals surface area contributed by atoms with Crippen LogP contribution in [-0.2, 0) is 11.2 Å². The second-order valence-corrected chi connectivity index (χ2v) is 3.95. The van der Waals surface area contributed by atoms with Crippen LogP contribution in [0.3, 0.4) is 0 Å². The third kappa shape index (κ3) is 2.45. The van der Waals surface area contributed by atoms with E-state index >= 15 is 0 Å². The molecule has 0 spiro atoms. The van der Waals surface area contributed by atoms with Gasteiger partial charge in [0.1, 0.15) is 0 Å². The maximum absolute atomic E-state index is 11.5. The summed E-state index contributed by atoms with van der Waals surface area (Å²) in [6.07, 6.45) is 0.469. The van der Waals surface area contributed by atoms with Crippen molar-refractivity contribution in [3.05, 3.63) is 35.9 Å². The molecule has 0 aliphatic carbocycles. The number of urea groups is 1. The van der Waals surface area contributed by atoms with Crippen LogP contribution in [0.15, 0.2) is 30.3 Å². The van der Waals surface area contributed by atoms with E-state index in [0.29, 0.717) is 6.42 Å². The summed E-state index contributed by atoms with van der Waals surface area (Å²) < 4.78 is 0. The summed E-state index contributed by atoms with van der Waals surface area (Å²) in [7, 11) is 0. The number of carbonyl (C=O) groups excluding carboxylic acids is 2. The summed E-state index contributed by atoms with van der Waals surface area (Å²) in [5.74, 6) is -0.287. The molecule has 5 heteroatoms. The van der Waals surface area contributed by atoms with Gasteiger partial charge < -0.3 is 10.4 Å². The maximum atomic E-state index is 11.5. The number of aliphatic hydroxyl groups is 1. The van der Waals surface area contributed by atoms with Crippen LogP contribution in [0.2, 0.25) is 0 Å². The Hall–Kier alpha value is -1.88. The van der Waals surface area contributed by atoms with Gasteiger partial charge in [0.15, 0.2) is 0 Å². The highest BCUT2D eigenvalue weighted by molar-refractivity contribution is 6.02. The van der Waals surface area contributed by atoms with Gasteiger partial charge in [-0.05, 0) is 12.0 Å². The van der Waals surface area contributed by atoms with E-state index in [-0.39, 0.29) is 19.1 Å². The van der Waals surface area contributed by atoms with Gasteiger partial charge in [-0.15, -0.1) is 0 Å². The van der Waals surface area contributed by atoms with Crippen LogP contribution in [0.25, 0.3) is 0 Å². The molecule has 0 bridgehead atoms. The lowest BCUT2D eigenvalue weighted by Gasteiger charge is -2.23. The Labute approximate surface area is 99.0 Å². The van der Waals surface area contributed by atoms with Gasteiger partial charge in [0.05, 0.1) is 19.2 Å². The number of rotatable bonds is 4. The van der Waals surface area contributed by atoms with Crippen LogP contribution in [0.5, 0.6) is 0 Å². The van der Waals surface area contributed by atoms with Crippen molar-refractivity contribution >= 4 is 11.9 Å². The highest BCUT2D eigenvalue weighted by atomic mass is 16.3. The van der Waals surface area contributed by atoms with Gasteiger partial charge in [-0.25, -0.2) is 4.79 Å². The molecule has 1 aliphatic heterocycles. The Morgan fingerprint density at radius 1 is 1.29 bits per heavy atom. The van der Waals surface area contributed by atoms with Crippen molar-refractivity contribution in [2.24, 2.45) is 0 Å². The van der Waals surface area contributed by atoms with Crippen molar-refractivity contribution in [1.29, 1.82) is 0 Å². The summed E-state index contributed by atoms with van der Waals surface area (Å²) in [4.78, 5) is 24.1. The molecule has 1 saturated heterocycles. The van der Waals surface area contributed by atoms with E-state index in [1.807, 2.05) is 30.3 Å². The van der Waals surface area contributed by atoms with E-state index in [9.17, 15) is 14.7 Å². The van der Waals surface area contributed by atoms with Crippen LogP contribution >= 0.6 is 0 Å². The third-order valence-corrected chi connectivity index (χ3v) is 2.77. The van der Waals surface area contributed by atoms with Gasteiger partial charge in [0, 0.05) is 0 Å². The van der Waals surface area contributed by atoms with Crippen molar-refractivity contribution in [3.8, 4) is 0 Å².